The van der Waals surface area contributed by atoms with Gasteiger partial charge in [-0.1, -0.05) is 30.3 Å². The molecule has 0 amide bonds. The molecule has 86 valence electrons. The second-order valence-electron chi connectivity index (χ2n) is 3.97. The Balaban J connectivity index is 2.20. The van der Waals surface area contributed by atoms with Crippen LogP contribution >= 0.6 is 0 Å². The second kappa shape index (κ2) is 5.12. The Kier molecular flexibility index (Phi) is 3.57. The van der Waals surface area contributed by atoms with Gasteiger partial charge in [0, 0.05) is 6.61 Å². The van der Waals surface area contributed by atoms with Gasteiger partial charge in [-0.25, -0.2) is 0 Å². The minimum absolute atomic E-state index is 0.151. The quantitative estimate of drug-likeness (QED) is 0.717. The lowest BCUT2D eigenvalue weighted by molar-refractivity contribution is -0.155. The molecule has 1 fully saturated rings. The van der Waals surface area contributed by atoms with Crippen LogP contribution in [0, 0.1) is 5.92 Å². The lowest BCUT2D eigenvalue weighted by atomic mass is 9.89. The molecule has 1 heterocycles. The smallest absolute Gasteiger partial charge is 0.311 e. The van der Waals surface area contributed by atoms with Crippen LogP contribution in [0.5, 0.6) is 0 Å². The molecule has 1 aromatic carbocycles. The van der Waals surface area contributed by atoms with Gasteiger partial charge in [0.25, 0.3) is 0 Å². The maximum Gasteiger partial charge on any atom is 0.311 e. The molecule has 0 spiro atoms. The molecule has 1 aromatic rings. The number of carbonyl (C=O) groups is 1. The number of rotatable bonds is 2. The molecular weight excluding hydrogens is 204 g/mol. The molecule has 0 bridgehead atoms. The molecule has 1 aliphatic rings. The van der Waals surface area contributed by atoms with Gasteiger partial charge in [-0.15, -0.1) is 0 Å². The maximum absolute atomic E-state index is 11.6. The van der Waals surface area contributed by atoms with Crippen molar-refractivity contribution in [3.63, 3.8) is 0 Å². The fourth-order valence-electron chi connectivity index (χ4n) is 2.15. The molecule has 3 heteroatoms. The van der Waals surface area contributed by atoms with E-state index in [1.807, 2.05) is 30.3 Å². The van der Waals surface area contributed by atoms with Crippen LogP contribution in [0.3, 0.4) is 0 Å². The van der Waals surface area contributed by atoms with Crippen molar-refractivity contribution in [1.82, 2.24) is 0 Å². The van der Waals surface area contributed by atoms with Gasteiger partial charge in [-0.2, -0.15) is 0 Å². The zero-order chi connectivity index (χ0) is 11.4. The molecule has 0 unspecified atom stereocenters. The Morgan fingerprint density at radius 3 is 2.81 bits per heavy atom. The topological polar surface area (TPSA) is 35.5 Å². The van der Waals surface area contributed by atoms with Gasteiger partial charge in [0.05, 0.1) is 19.1 Å². The lowest BCUT2D eigenvalue weighted by Crippen LogP contribution is -2.29. The highest BCUT2D eigenvalue weighted by molar-refractivity contribution is 5.73. The SMILES string of the molecule is COC(=O)[C@@H]1CCCO[C@H]1c1ccccc1. The highest BCUT2D eigenvalue weighted by Crippen LogP contribution is 2.34. The number of hydrogen-bond acceptors (Lipinski definition) is 3. The van der Waals surface area contributed by atoms with Crippen LogP contribution in [0.1, 0.15) is 24.5 Å². The minimum Gasteiger partial charge on any atom is -0.469 e. The van der Waals surface area contributed by atoms with E-state index in [1.54, 1.807) is 0 Å². The molecule has 1 saturated heterocycles. The van der Waals surface area contributed by atoms with Gasteiger partial charge in [0.1, 0.15) is 0 Å². The van der Waals surface area contributed by atoms with Crippen molar-refractivity contribution in [2.75, 3.05) is 13.7 Å². The third kappa shape index (κ3) is 2.25. The van der Waals surface area contributed by atoms with Crippen molar-refractivity contribution in [1.29, 1.82) is 0 Å². The first-order chi connectivity index (χ1) is 7.83. The summed E-state index contributed by atoms with van der Waals surface area (Å²) in [6.45, 7) is 0.715. The molecule has 0 saturated carbocycles. The summed E-state index contributed by atoms with van der Waals surface area (Å²) in [5.41, 5.74) is 1.05. The Hall–Kier alpha value is -1.35. The lowest BCUT2D eigenvalue weighted by Gasteiger charge is -2.30. The second-order valence-corrected chi connectivity index (χ2v) is 3.97. The fraction of sp³-hybridized carbons (Fsp3) is 0.462. The van der Waals surface area contributed by atoms with E-state index >= 15 is 0 Å². The summed E-state index contributed by atoms with van der Waals surface area (Å²) in [5.74, 6) is -0.338. The summed E-state index contributed by atoms with van der Waals surface area (Å²) in [5, 5.41) is 0. The first-order valence-electron chi connectivity index (χ1n) is 5.57. The zero-order valence-corrected chi connectivity index (χ0v) is 9.39. The highest BCUT2D eigenvalue weighted by atomic mass is 16.5. The molecule has 0 aliphatic carbocycles. The molecule has 0 radical (unpaired) electrons. The van der Waals surface area contributed by atoms with E-state index in [9.17, 15) is 4.79 Å². The number of carbonyl (C=O) groups excluding carboxylic acids is 1. The standard InChI is InChI=1S/C13H16O3/c1-15-13(14)11-8-5-9-16-12(11)10-6-3-2-4-7-10/h2-4,6-7,11-12H,5,8-9H2,1H3/t11-,12+/m1/s1. The Morgan fingerprint density at radius 1 is 1.38 bits per heavy atom. The molecule has 3 nitrogen and oxygen atoms in total. The van der Waals surface area contributed by atoms with Gasteiger partial charge in [0.2, 0.25) is 0 Å². The fourth-order valence-corrected chi connectivity index (χ4v) is 2.15. The molecule has 0 N–H and O–H groups in total. The van der Waals surface area contributed by atoms with Crippen LogP contribution in [-0.4, -0.2) is 19.7 Å². The number of benzene rings is 1. The van der Waals surface area contributed by atoms with E-state index in [0.717, 1.165) is 18.4 Å². The minimum atomic E-state index is -0.173. The van der Waals surface area contributed by atoms with Gasteiger partial charge >= 0.3 is 5.97 Å². The average molecular weight is 220 g/mol. The van der Waals surface area contributed by atoms with Crippen LogP contribution in [0.4, 0.5) is 0 Å². The third-order valence-electron chi connectivity index (χ3n) is 2.95. The van der Waals surface area contributed by atoms with Crippen LogP contribution in [0.25, 0.3) is 0 Å². The van der Waals surface area contributed by atoms with E-state index in [-0.39, 0.29) is 18.0 Å². The van der Waals surface area contributed by atoms with E-state index in [0.29, 0.717) is 6.61 Å². The average Bonchev–Trinajstić information content (AvgIpc) is 2.39. The third-order valence-corrected chi connectivity index (χ3v) is 2.95. The number of ether oxygens (including phenoxy) is 2. The highest BCUT2D eigenvalue weighted by Gasteiger charge is 2.33. The predicted molar refractivity (Wildman–Crippen MR) is 59.9 cm³/mol. The van der Waals surface area contributed by atoms with Crippen molar-refractivity contribution in [3.05, 3.63) is 35.9 Å². The molecule has 1 aliphatic heterocycles. The molecule has 2 atom stereocenters. The van der Waals surface area contributed by atoms with Crippen molar-refractivity contribution in [2.45, 2.75) is 18.9 Å². The van der Waals surface area contributed by atoms with Crippen molar-refractivity contribution < 1.29 is 14.3 Å². The van der Waals surface area contributed by atoms with E-state index in [2.05, 4.69) is 0 Å². The summed E-state index contributed by atoms with van der Waals surface area (Å²) in [6, 6.07) is 9.86. The molecule has 2 rings (SSSR count). The predicted octanol–water partition coefficient (Wildman–Crippen LogP) is 2.33. The summed E-state index contributed by atoms with van der Waals surface area (Å²) in [7, 11) is 1.43. The zero-order valence-electron chi connectivity index (χ0n) is 9.39. The Labute approximate surface area is 95.4 Å². The molecule has 16 heavy (non-hydrogen) atoms. The Morgan fingerprint density at radius 2 is 2.12 bits per heavy atom. The molecule has 0 aromatic heterocycles. The Bertz CT molecular complexity index is 347. The van der Waals surface area contributed by atoms with Crippen LogP contribution < -0.4 is 0 Å². The number of esters is 1. The molecular formula is C13H16O3. The van der Waals surface area contributed by atoms with Gasteiger partial charge in [-0.05, 0) is 18.4 Å². The van der Waals surface area contributed by atoms with Gasteiger partial charge in [-0.3, -0.25) is 4.79 Å². The summed E-state index contributed by atoms with van der Waals surface area (Å²) in [4.78, 5) is 11.6. The summed E-state index contributed by atoms with van der Waals surface area (Å²) < 4.78 is 10.5. The van der Waals surface area contributed by atoms with Crippen LogP contribution in [0.15, 0.2) is 30.3 Å². The first-order valence-corrected chi connectivity index (χ1v) is 5.57. The van der Waals surface area contributed by atoms with Crippen molar-refractivity contribution in [2.24, 2.45) is 5.92 Å². The van der Waals surface area contributed by atoms with Crippen LogP contribution in [0.2, 0.25) is 0 Å². The van der Waals surface area contributed by atoms with E-state index in [4.69, 9.17) is 9.47 Å². The number of hydrogen-bond donors (Lipinski definition) is 0. The first kappa shape index (κ1) is 11.1. The summed E-state index contributed by atoms with van der Waals surface area (Å²) in [6.07, 6.45) is 1.61. The van der Waals surface area contributed by atoms with Gasteiger partial charge in [0.15, 0.2) is 0 Å². The van der Waals surface area contributed by atoms with Gasteiger partial charge < -0.3 is 9.47 Å². The normalized spacial score (nSPS) is 25.1. The van der Waals surface area contributed by atoms with E-state index in [1.165, 1.54) is 7.11 Å². The number of methoxy groups -OCH3 is 1. The van der Waals surface area contributed by atoms with Crippen molar-refractivity contribution >= 4 is 5.97 Å². The van der Waals surface area contributed by atoms with E-state index < -0.39 is 0 Å². The summed E-state index contributed by atoms with van der Waals surface area (Å²) >= 11 is 0. The maximum atomic E-state index is 11.6. The van der Waals surface area contributed by atoms with Crippen molar-refractivity contribution in [3.8, 4) is 0 Å². The monoisotopic (exact) mass is 220 g/mol. The van der Waals surface area contributed by atoms with Crippen LogP contribution in [-0.2, 0) is 14.3 Å². The largest absolute Gasteiger partial charge is 0.469 e.